The van der Waals surface area contributed by atoms with Crippen molar-refractivity contribution in [2.45, 2.75) is 117 Å². The third kappa shape index (κ3) is 11.8. The van der Waals surface area contributed by atoms with E-state index in [-0.39, 0.29) is 11.1 Å². The van der Waals surface area contributed by atoms with E-state index in [9.17, 15) is 0 Å². The molecule has 0 saturated heterocycles. The van der Waals surface area contributed by atoms with Gasteiger partial charge in [0.15, 0.2) is 0 Å². The minimum atomic E-state index is 0.00880. The number of aryl methyl sites for hydroxylation is 2. The van der Waals surface area contributed by atoms with Crippen molar-refractivity contribution in [1.82, 2.24) is 19.9 Å². The smallest absolute Gasteiger partial charge is 0.0505 e. The van der Waals surface area contributed by atoms with Crippen LogP contribution in [0.3, 0.4) is 0 Å². The molecule has 0 aliphatic carbocycles. The van der Waals surface area contributed by atoms with Crippen LogP contribution in [-0.2, 0) is 12.8 Å². The molecule has 364 valence electrons. The zero-order valence-electron chi connectivity index (χ0n) is 43.8. The van der Waals surface area contributed by atoms with Crippen LogP contribution in [0, 0.1) is 13.8 Å². The number of aromatic amines is 4. The summed E-state index contributed by atoms with van der Waals surface area (Å²) in [5.74, 6) is 0. The predicted octanol–water partition coefficient (Wildman–Crippen LogP) is 18.2. The lowest BCUT2D eigenvalue weighted by Gasteiger charge is -2.32. The normalized spacial score (nSPS) is 13.9. The molecule has 6 nitrogen and oxygen atoms in total. The lowest BCUT2D eigenvalue weighted by Crippen LogP contribution is -2.31. The molecule has 2 aliphatic rings. The third-order valence-corrected chi connectivity index (χ3v) is 14.0. The molecule has 6 heterocycles. The Morgan fingerprint density at radius 1 is 0.394 bits per heavy atom. The molecule has 6 aromatic carbocycles. The highest BCUT2D eigenvalue weighted by Gasteiger charge is 2.24. The van der Waals surface area contributed by atoms with Crippen molar-refractivity contribution in [2.24, 2.45) is 0 Å². The molecule has 0 amide bonds. The summed E-state index contributed by atoms with van der Waals surface area (Å²) in [6.07, 6.45) is 14.6. The van der Waals surface area contributed by atoms with E-state index >= 15 is 0 Å². The zero-order valence-corrected chi connectivity index (χ0v) is 44.7. The summed E-state index contributed by atoms with van der Waals surface area (Å²) >= 11 is 1.83. The van der Waals surface area contributed by atoms with E-state index in [4.69, 9.17) is 0 Å². The number of allylic oxidation sites excluding steroid dienone is 2. The van der Waals surface area contributed by atoms with Gasteiger partial charge in [-0.15, -0.1) is 0 Å². The Bertz CT molecular complexity index is 3280. The number of fused-ring (bicyclic) bond motifs is 6. The summed E-state index contributed by atoms with van der Waals surface area (Å²) in [7, 11) is 0. The first-order valence-electron chi connectivity index (χ1n) is 25.4. The topological polar surface area (TPSA) is 87.2 Å². The fourth-order valence-electron chi connectivity index (χ4n) is 10.2. The number of hydrogen-bond donors (Lipinski definition) is 6. The number of rotatable bonds is 6. The molecule has 6 N–H and O–H groups in total. The van der Waals surface area contributed by atoms with E-state index in [1.54, 1.807) is 0 Å². The van der Waals surface area contributed by atoms with E-state index in [2.05, 4.69) is 219 Å². The molecule has 0 bridgehead atoms. The summed E-state index contributed by atoms with van der Waals surface area (Å²) in [5.41, 5.74) is 20.7. The van der Waals surface area contributed by atoms with Gasteiger partial charge in [0.2, 0.25) is 0 Å². The minimum absolute atomic E-state index is 0.00880. The Labute approximate surface area is 425 Å². The molecule has 0 atom stereocenters. The first-order chi connectivity index (χ1) is 34.2. The molecule has 12 rings (SSSR count). The third-order valence-electron chi connectivity index (χ3n) is 13.0. The van der Waals surface area contributed by atoms with Crippen LogP contribution in [-0.4, -0.2) is 31.0 Å². The van der Waals surface area contributed by atoms with Crippen molar-refractivity contribution in [2.75, 3.05) is 10.6 Å². The number of nitrogens with one attached hydrogen (secondary N) is 6. The number of benzene rings is 6. The van der Waals surface area contributed by atoms with Crippen LogP contribution in [0.5, 0.6) is 0 Å². The van der Waals surface area contributed by atoms with Crippen molar-refractivity contribution >= 4 is 77.9 Å². The molecule has 0 radical (unpaired) electrons. The maximum absolute atomic E-state index is 3.61. The van der Waals surface area contributed by atoms with E-state index in [1.807, 2.05) is 64.2 Å². The van der Waals surface area contributed by atoms with E-state index < -0.39 is 0 Å². The molecule has 4 aromatic heterocycles. The summed E-state index contributed by atoms with van der Waals surface area (Å²) in [4.78, 5) is 15.6. The highest BCUT2D eigenvalue weighted by atomic mass is 32.2. The van der Waals surface area contributed by atoms with Gasteiger partial charge in [0.25, 0.3) is 0 Å². The Kier molecular flexibility index (Phi) is 15.2. The Hall–Kier alpha value is -7.09. The molecule has 71 heavy (non-hydrogen) atoms. The van der Waals surface area contributed by atoms with Crippen LogP contribution in [0.1, 0.15) is 114 Å². The van der Waals surface area contributed by atoms with Gasteiger partial charge in [-0.3, -0.25) is 0 Å². The van der Waals surface area contributed by atoms with Gasteiger partial charge in [-0.05, 0) is 231 Å². The molecular formula is C64H72N6S. The first kappa shape index (κ1) is 50.3. The van der Waals surface area contributed by atoms with E-state index in [0.717, 1.165) is 12.8 Å². The van der Waals surface area contributed by atoms with Gasteiger partial charge in [0.1, 0.15) is 0 Å². The average molecular weight is 957 g/mol. The largest absolute Gasteiger partial charge is 0.376 e. The monoisotopic (exact) mass is 957 g/mol. The number of anilines is 2. The average Bonchev–Trinajstić information content (AvgIpc) is 4.19. The lowest BCUT2D eigenvalue weighted by atomic mass is 9.91. The summed E-state index contributed by atoms with van der Waals surface area (Å²) in [5, 5.41) is 12.4. The van der Waals surface area contributed by atoms with Gasteiger partial charge in [0, 0.05) is 79.1 Å². The fourth-order valence-corrected chi connectivity index (χ4v) is 11.1. The SMILES string of the molecule is CC.CC.CC1=CC(C)(C)Nc2ccc(Sc3ccc4c(c3)C(C)=CC(C)(C)N4)cc21.Cc1cc(Cc2cc(C)c3[nH]ccc3c2)cc2cc[nH]c12.c1cc2cc(Cc3ccc4[nH]ccc4c3)ccc2[nH]1. The van der Waals surface area contributed by atoms with Crippen molar-refractivity contribution < 1.29 is 0 Å². The zero-order chi connectivity index (χ0) is 50.5. The number of aromatic nitrogens is 4. The quantitative estimate of drug-likeness (QED) is 0.100. The van der Waals surface area contributed by atoms with Crippen LogP contribution in [0.4, 0.5) is 11.4 Å². The Morgan fingerprint density at radius 2 is 0.775 bits per heavy atom. The lowest BCUT2D eigenvalue weighted by molar-refractivity contribution is 0.707. The molecule has 7 heteroatoms. The van der Waals surface area contributed by atoms with E-state index in [0.29, 0.717) is 0 Å². The fraction of sp³-hybridized carbons (Fsp3) is 0.250. The molecule has 0 spiro atoms. The molecule has 0 saturated carbocycles. The maximum Gasteiger partial charge on any atom is 0.0505 e. The molecule has 0 unspecified atom stereocenters. The minimum Gasteiger partial charge on any atom is -0.376 e. The maximum atomic E-state index is 3.61. The van der Waals surface area contributed by atoms with Crippen molar-refractivity contribution in [1.29, 1.82) is 0 Å². The van der Waals surface area contributed by atoms with Crippen LogP contribution in [0.25, 0.3) is 54.8 Å². The second-order valence-electron chi connectivity index (χ2n) is 19.7. The molecule has 10 aromatic rings. The van der Waals surface area contributed by atoms with Crippen molar-refractivity contribution in [3.8, 4) is 0 Å². The molecular weight excluding hydrogens is 885 g/mol. The standard InChI is InChI=1S/C24H28N2S.C19H18N2.C17H14N2.2C2H6/c1-15-13-23(3,4)25-21-9-7-17(11-19(15)21)27-18-8-10-22-20(12-18)16(2)14-24(5,6)26-22;1-12-7-14(10-16-3-5-20-18(12)16)9-15-8-13(2)19-17(11-15)4-6-21-19;1-3-16-14(5-7-18-16)10-12(1)9-13-2-4-17-15(11-13)6-8-19-17;2*1-2/h7-14,25-26H,1-6H3;3-8,10-11,20-21H,9H2,1-2H3;1-8,10-11,18-19H,9H2;2*1-2H3. The predicted molar refractivity (Wildman–Crippen MR) is 311 cm³/mol. The van der Waals surface area contributed by atoms with Gasteiger partial charge in [-0.1, -0.05) is 75.9 Å². The van der Waals surface area contributed by atoms with Crippen molar-refractivity contribution in [3.63, 3.8) is 0 Å². The van der Waals surface area contributed by atoms with Gasteiger partial charge >= 0.3 is 0 Å². The summed E-state index contributed by atoms with van der Waals surface area (Å²) in [6.45, 7) is 25.6. The summed E-state index contributed by atoms with van der Waals surface area (Å²) in [6, 6.07) is 44.3. The van der Waals surface area contributed by atoms with Crippen LogP contribution in [0.2, 0.25) is 0 Å². The highest BCUT2D eigenvalue weighted by molar-refractivity contribution is 7.99. The van der Waals surface area contributed by atoms with Gasteiger partial charge in [0.05, 0.1) is 11.1 Å². The van der Waals surface area contributed by atoms with Gasteiger partial charge < -0.3 is 30.6 Å². The van der Waals surface area contributed by atoms with Gasteiger partial charge in [-0.2, -0.15) is 0 Å². The second kappa shape index (κ2) is 21.5. The van der Waals surface area contributed by atoms with Gasteiger partial charge in [-0.25, -0.2) is 0 Å². The Balaban J connectivity index is 0.000000140. The number of H-pyrrole nitrogens is 4. The highest BCUT2D eigenvalue weighted by Crippen LogP contribution is 2.41. The van der Waals surface area contributed by atoms with Crippen LogP contribution in [0.15, 0.2) is 168 Å². The summed E-state index contributed by atoms with van der Waals surface area (Å²) < 4.78 is 0. The Morgan fingerprint density at radius 3 is 1.21 bits per heavy atom. The first-order valence-corrected chi connectivity index (χ1v) is 26.2. The molecule has 2 aliphatic heterocycles. The second-order valence-corrected chi connectivity index (χ2v) is 20.9. The van der Waals surface area contributed by atoms with Crippen LogP contribution >= 0.6 is 11.8 Å². The van der Waals surface area contributed by atoms with Crippen LogP contribution < -0.4 is 10.6 Å². The number of hydrogen-bond acceptors (Lipinski definition) is 3. The molecule has 0 fully saturated rings. The van der Waals surface area contributed by atoms with E-state index in [1.165, 1.54) is 120 Å². The van der Waals surface area contributed by atoms with Crippen molar-refractivity contribution in [3.05, 3.63) is 203 Å².